The normalized spacial score (nSPS) is 20.5. The fraction of sp³-hybridized carbons (Fsp3) is 0.421. The molecule has 0 radical (unpaired) electrons. The van der Waals surface area contributed by atoms with Gasteiger partial charge in [0.05, 0.1) is 12.2 Å². The molecule has 7 nitrogen and oxygen atoms in total. The Hall–Kier alpha value is -1.96. The second-order valence-corrected chi connectivity index (χ2v) is 8.43. The summed E-state index contributed by atoms with van der Waals surface area (Å²) < 4.78 is 0. The van der Waals surface area contributed by atoms with Crippen molar-refractivity contribution in [2.75, 3.05) is 23.3 Å². The van der Waals surface area contributed by atoms with Crippen LogP contribution in [0, 0.1) is 0 Å². The summed E-state index contributed by atoms with van der Waals surface area (Å²) in [5.74, 6) is 0.978. The maximum absolute atomic E-state index is 11.4. The van der Waals surface area contributed by atoms with Crippen molar-refractivity contribution in [1.82, 2.24) is 14.9 Å². The SMILES string of the molecule is CC(Nc1nc(N2C[C@@H](C)N(C(=O)O)C[C@@H]2C)ncc1Cl)c1ccc(Cl)cc1Cl. The Balaban J connectivity index is 1.82. The van der Waals surface area contributed by atoms with Gasteiger partial charge in [0.2, 0.25) is 5.95 Å². The largest absolute Gasteiger partial charge is 0.465 e. The van der Waals surface area contributed by atoms with Crippen LogP contribution < -0.4 is 10.2 Å². The molecule has 0 saturated carbocycles. The Labute approximate surface area is 184 Å². The Morgan fingerprint density at radius 1 is 1.21 bits per heavy atom. The molecular weight excluding hydrogens is 437 g/mol. The van der Waals surface area contributed by atoms with E-state index in [9.17, 15) is 9.90 Å². The zero-order valence-electron chi connectivity index (χ0n) is 16.2. The van der Waals surface area contributed by atoms with E-state index < -0.39 is 6.09 Å². The van der Waals surface area contributed by atoms with Gasteiger partial charge in [0.15, 0.2) is 5.82 Å². The Morgan fingerprint density at radius 3 is 2.59 bits per heavy atom. The zero-order chi connectivity index (χ0) is 21.3. The first-order valence-corrected chi connectivity index (χ1v) is 10.3. The van der Waals surface area contributed by atoms with Gasteiger partial charge in [-0.05, 0) is 38.5 Å². The maximum Gasteiger partial charge on any atom is 0.407 e. The lowest BCUT2D eigenvalue weighted by molar-refractivity contribution is 0.114. The second-order valence-electron chi connectivity index (χ2n) is 7.18. The first-order chi connectivity index (χ1) is 13.7. The molecule has 2 aromatic rings. The number of carboxylic acid groups (broad SMARTS) is 1. The number of rotatable bonds is 4. The highest BCUT2D eigenvalue weighted by atomic mass is 35.5. The van der Waals surface area contributed by atoms with Gasteiger partial charge in [0.1, 0.15) is 5.02 Å². The van der Waals surface area contributed by atoms with Crippen LogP contribution in [0.4, 0.5) is 16.6 Å². The minimum Gasteiger partial charge on any atom is -0.465 e. The number of halogens is 3. The van der Waals surface area contributed by atoms with Crippen molar-refractivity contribution in [3.05, 3.63) is 45.0 Å². The zero-order valence-corrected chi connectivity index (χ0v) is 18.5. The molecule has 1 aliphatic heterocycles. The summed E-state index contributed by atoms with van der Waals surface area (Å²) >= 11 is 18.6. The monoisotopic (exact) mass is 457 g/mol. The van der Waals surface area contributed by atoms with Crippen molar-refractivity contribution in [2.24, 2.45) is 0 Å². The Kier molecular flexibility index (Phi) is 6.61. The maximum atomic E-state index is 11.4. The van der Waals surface area contributed by atoms with E-state index in [0.29, 0.717) is 39.9 Å². The van der Waals surface area contributed by atoms with E-state index in [1.807, 2.05) is 31.7 Å². The van der Waals surface area contributed by atoms with Gasteiger partial charge in [-0.25, -0.2) is 9.78 Å². The summed E-state index contributed by atoms with van der Waals surface area (Å²) in [6.07, 6.45) is 0.626. The summed E-state index contributed by atoms with van der Waals surface area (Å²) in [6, 6.07) is 4.91. The predicted octanol–water partition coefficient (Wildman–Crippen LogP) is 5.19. The van der Waals surface area contributed by atoms with Crippen molar-refractivity contribution in [3.8, 4) is 0 Å². The van der Waals surface area contributed by atoms with Crippen molar-refractivity contribution in [2.45, 2.75) is 38.9 Å². The molecule has 2 heterocycles. The first-order valence-electron chi connectivity index (χ1n) is 9.17. The Morgan fingerprint density at radius 2 is 1.93 bits per heavy atom. The molecule has 1 aromatic heterocycles. The van der Waals surface area contributed by atoms with E-state index in [1.54, 1.807) is 18.3 Å². The molecule has 1 unspecified atom stereocenters. The lowest BCUT2D eigenvalue weighted by Crippen LogP contribution is -2.58. The molecule has 0 bridgehead atoms. The molecule has 3 atom stereocenters. The van der Waals surface area contributed by atoms with Crippen molar-refractivity contribution < 1.29 is 9.90 Å². The molecule has 2 N–H and O–H groups in total. The Bertz CT molecular complexity index is 913. The van der Waals surface area contributed by atoms with Crippen molar-refractivity contribution in [3.63, 3.8) is 0 Å². The molecule has 1 saturated heterocycles. The highest BCUT2D eigenvalue weighted by molar-refractivity contribution is 6.35. The number of aromatic nitrogens is 2. The smallest absolute Gasteiger partial charge is 0.407 e. The van der Waals surface area contributed by atoms with Gasteiger partial charge in [-0.15, -0.1) is 0 Å². The van der Waals surface area contributed by atoms with Gasteiger partial charge < -0.3 is 20.2 Å². The standard InChI is InChI=1S/C19H22Cl3N5O2/c1-10-9-27(19(28)29)11(2)8-26(10)18-23-7-16(22)17(25-18)24-12(3)14-5-4-13(20)6-15(14)21/h4-7,10-12H,8-9H2,1-3H3,(H,28,29)(H,23,24,25)/t10-,11+,12?/m0/s1. The van der Waals surface area contributed by atoms with Crippen molar-refractivity contribution >= 4 is 52.7 Å². The number of nitrogens with one attached hydrogen (secondary N) is 1. The third kappa shape index (κ3) is 4.79. The summed E-state index contributed by atoms with van der Waals surface area (Å²) in [5.41, 5.74) is 0.865. The number of piperazine rings is 1. The number of hydrogen-bond acceptors (Lipinski definition) is 5. The molecule has 0 spiro atoms. The molecule has 3 rings (SSSR count). The van der Waals surface area contributed by atoms with Crippen LogP contribution in [-0.4, -0.2) is 51.2 Å². The summed E-state index contributed by atoms with van der Waals surface area (Å²) in [6.45, 7) is 6.63. The van der Waals surface area contributed by atoms with Gasteiger partial charge in [-0.3, -0.25) is 0 Å². The molecule has 10 heteroatoms. The van der Waals surface area contributed by atoms with Crippen LogP contribution in [0.25, 0.3) is 0 Å². The molecule has 0 aliphatic carbocycles. The van der Waals surface area contributed by atoms with Crippen LogP contribution in [0.5, 0.6) is 0 Å². The second kappa shape index (κ2) is 8.81. The van der Waals surface area contributed by atoms with E-state index in [1.165, 1.54) is 4.90 Å². The number of anilines is 2. The van der Waals surface area contributed by atoms with E-state index in [0.717, 1.165) is 5.56 Å². The average molecular weight is 459 g/mol. The predicted molar refractivity (Wildman–Crippen MR) is 117 cm³/mol. The van der Waals surface area contributed by atoms with Gasteiger partial charge in [0, 0.05) is 35.2 Å². The third-order valence-corrected chi connectivity index (χ3v) is 5.84. The molecule has 1 aromatic carbocycles. The molecule has 1 amide bonds. The lowest BCUT2D eigenvalue weighted by Gasteiger charge is -2.42. The number of nitrogens with zero attached hydrogens (tertiary/aromatic N) is 4. The molecule has 1 fully saturated rings. The van der Waals surface area contributed by atoms with Crippen molar-refractivity contribution in [1.29, 1.82) is 0 Å². The number of amides is 1. The minimum atomic E-state index is -0.919. The van der Waals surface area contributed by atoms with Crippen LogP contribution in [0.3, 0.4) is 0 Å². The molecular formula is C19H22Cl3N5O2. The summed E-state index contributed by atoms with van der Waals surface area (Å²) in [5, 5.41) is 14.1. The van der Waals surface area contributed by atoms with Gasteiger partial charge >= 0.3 is 6.09 Å². The molecule has 156 valence electrons. The number of hydrogen-bond donors (Lipinski definition) is 2. The average Bonchev–Trinajstić information content (AvgIpc) is 2.64. The lowest BCUT2D eigenvalue weighted by atomic mass is 10.1. The topological polar surface area (TPSA) is 81.6 Å². The van der Waals surface area contributed by atoms with Gasteiger partial charge in [0.25, 0.3) is 0 Å². The quantitative estimate of drug-likeness (QED) is 0.656. The van der Waals surface area contributed by atoms with E-state index in [-0.39, 0.29) is 18.1 Å². The fourth-order valence-electron chi connectivity index (χ4n) is 3.40. The summed E-state index contributed by atoms with van der Waals surface area (Å²) in [4.78, 5) is 23.8. The number of benzene rings is 1. The van der Waals surface area contributed by atoms with E-state index in [2.05, 4.69) is 15.3 Å². The number of carbonyl (C=O) groups is 1. The highest BCUT2D eigenvalue weighted by Gasteiger charge is 2.33. The fourth-order valence-corrected chi connectivity index (χ4v) is 4.12. The van der Waals surface area contributed by atoms with E-state index in [4.69, 9.17) is 34.8 Å². The van der Waals surface area contributed by atoms with Gasteiger partial charge in [-0.2, -0.15) is 4.98 Å². The molecule has 1 aliphatic rings. The highest BCUT2D eigenvalue weighted by Crippen LogP contribution is 2.31. The van der Waals surface area contributed by atoms with Crippen LogP contribution >= 0.6 is 34.8 Å². The first kappa shape index (κ1) is 21.7. The van der Waals surface area contributed by atoms with Crippen LogP contribution in [0.15, 0.2) is 24.4 Å². The minimum absolute atomic E-state index is 0.0699. The van der Waals surface area contributed by atoms with Crippen LogP contribution in [0.2, 0.25) is 15.1 Å². The van der Waals surface area contributed by atoms with Crippen LogP contribution in [0.1, 0.15) is 32.4 Å². The molecule has 29 heavy (non-hydrogen) atoms. The van der Waals surface area contributed by atoms with Gasteiger partial charge in [-0.1, -0.05) is 40.9 Å². The van der Waals surface area contributed by atoms with Crippen LogP contribution in [-0.2, 0) is 0 Å². The third-order valence-electron chi connectivity index (χ3n) is 5.00. The summed E-state index contributed by atoms with van der Waals surface area (Å²) in [7, 11) is 0. The van der Waals surface area contributed by atoms with E-state index >= 15 is 0 Å².